The van der Waals surface area contributed by atoms with Crippen LogP contribution in [0.3, 0.4) is 0 Å². The van der Waals surface area contributed by atoms with E-state index in [1.165, 1.54) is 5.56 Å². The molecule has 2 N–H and O–H groups in total. The minimum absolute atomic E-state index is 0.0722. The van der Waals surface area contributed by atoms with Gasteiger partial charge in [0.2, 0.25) is 5.91 Å². The Bertz CT molecular complexity index is 808. The van der Waals surface area contributed by atoms with Gasteiger partial charge in [0, 0.05) is 23.8 Å². The van der Waals surface area contributed by atoms with Crippen molar-refractivity contribution in [1.29, 1.82) is 0 Å². The highest BCUT2D eigenvalue weighted by atomic mass is 32.2. The van der Waals surface area contributed by atoms with E-state index in [-0.39, 0.29) is 11.8 Å². The first-order valence-corrected chi connectivity index (χ1v) is 9.60. The summed E-state index contributed by atoms with van der Waals surface area (Å²) in [5.41, 5.74) is 9.70. The van der Waals surface area contributed by atoms with E-state index in [0.717, 1.165) is 17.1 Å². The van der Waals surface area contributed by atoms with E-state index < -0.39 is 0 Å². The largest absolute Gasteiger partial charge is 0.399 e. The summed E-state index contributed by atoms with van der Waals surface area (Å²) >= 11 is 1.63. The molecule has 0 spiro atoms. The van der Waals surface area contributed by atoms with Gasteiger partial charge < -0.3 is 10.5 Å². The standard InChI is InChI=1S/C20H21N3O2S/c21-17-6-8-18(9-7-17)22-20(24)12-16-13-25-11-10-19(16)23(22)26-14-15-4-2-1-3-5-15/h1-10,16H,11-14,21H2. The highest BCUT2D eigenvalue weighted by Crippen LogP contribution is 2.39. The molecule has 0 bridgehead atoms. The lowest BCUT2D eigenvalue weighted by atomic mass is 9.98. The molecular weight excluding hydrogens is 346 g/mol. The SMILES string of the molecule is Nc1ccc(N2C(=O)CC3COCC=C3N2SCc2ccccc2)cc1. The van der Waals surface area contributed by atoms with Crippen LogP contribution in [0.2, 0.25) is 0 Å². The second-order valence-corrected chi connectivity index (χ2v) is 7.29. The van der Waals surface area contributed by atoms with Crippen molar-refractivity contribution in [3.63, 3.8) is 0 Å². The van der Waals surface area contributed by atoms with Crippen molar-refractivity contribution >= 4 is 29.2 Å². The normalized spacial score (nSPS) is 19.9. The zero-order valence-electron chi connectivity index (χ0n) is 14.4. The summed E-state index contributed by atoms with van der Waals surface area (Å²) in [4.78, 5) is 12.9. The summed E-state index contributed by atoms with van der Waals surface area (Å²) in [6.07, 6.45) is 2.54. The molecule has 1 atom stereocenters. The van der Waals surface area contributed by atoms with Gasteiger partial charge in [-0.25, -0.2) is 9.42 Å². The molecule has 1 amide bonds. The maximum Gasteiger partial charge on any atom is 0.247 e. The van der Waals surface area contributed by atoms with Crippen LogP contribution >= 0.6 is 11.9 Å². The maximum absolute atomic E-state index is 12.9. The minimum atomic E-state index is 0.0722. The van der Waals surface area contributed by atoms with Crippen molar-refractivity contribution in [2.45, 2.75) is 12.2 Å². The molecule has 6 heteroatoms. The third kappa shape index (κ3) is 3.43. The van der Waals surface area contributed by atoms with E-state index in [0.29, 0.717) is 25.3 Å². The van der Waals surface area contributed by atoms with E-state index in [2.05, 4.69) is 18.2 Å². The molecule has 0 aromatic heterocycles. The van der Waals surface area contributed by atoms with Crippen LogP contribution in [0.15, 0.2) is 66.4 Å². The number of carbonyl (C=O) groups excluding carboxylic acids is 1. The van der Waals surface area contributed by atoms with E-state index in [4.69, 9.17) is 10.5 Å². The van der Waals surface area contributed by atoms with Crippen molar-refractivity contribution in [1.82, 2.24) is 4.41 Å². The number of rotatable bonds is 4. The number of nitrogens with two attached hydrogens (primary N) is 1. The van der Waals surface area contributed by atoms with Crippen molar-refractivity contribution in [3.05, 3.63) is 71.9 Å². The van der Waals surface area contributed by atoms with Gasteiger partial charge in [-0.2, -0.15) is 0 Å². The van der Waals surface area contributed by atoms with Crippen LogP contribution < -0.4 is 10.7 Å². The number of nitrogens with zero attached hydrogens (tertiary/aromatic N) is 2. The molecule has 5 nitrogen and oxygen atoms in total. The van der Waals surface area contributed by atoms with Crippen LogP contribution in [0.1, 0.15) is 12.0 Å². The number of hydrogen-bond donors (Lipinski definition) is 1. The summed E-state index contributed by atoms with van der Waals surface area (Å²) < 4.78 is 7.59. The Balaban J connectivity index is 1.65. The molecule has 1 fully saturated rings. The number of benzene rings is 2. The number of hydrazine groups is 1. The lowest BCUT2D eigenvalue weighted by Gasteiger charge is -2.44. The van der Waals surface area contributed by atoms with Crippen LogP contribution in [0.5, 0.6) is 0 Å². The first-order valence-electron chi connectivity index (χ1n) is 8.65. The first kappa shape index (κ1) is 17.0. The van der Waals surface area contributed by atoms with Crippen molar-refractivity contribution in [2.24, 2.45) is 5.92 Å². The molecule has 26 heavy (non-hydrogen) atoms. The lowest BCUT2D eigenvalue weighted by Crippen LogP contribution is -2.51. The average molecular weight is 367 g/mol. The Morgan fingerprint density at radius 2 is 1.88 bits per heavy atom. The van der Waals surface area contributed by atoms with Gasteiger partial charge in [-0.15, -0.1) is 0 Å². The van der Waals surface area contributed by atoms with E-state index in [1.54, 1.807) is 17.0 Å². The topological polar surface area (TPSA) is 58.8 Å². The smallest absolute Gasteiger partial charge is 0.247 e. The number of carbonyl (C=O) groups is 1. The Morgan fingerprint density at radius 1 is 1.12 bits per heavy atom. The van der Waals surface area contributed by atoms with Crippen LogP contribution in [-0.4, -0.2) is 23.5 Å². The highest BCUT2D eigenvalue weighted by molar-refractivity contribution is 7.96. The van der Waals surface area contributed by atoms with Gasteiger partial charge in [0.25, 0.3) is 0 Å². The van der Waals surface area contributed by atoms with Crippen LogP contribution in [0.25, 0.3) is 0 Å². The molecule has 1 saturated heterocycles. The third-order valence-electron chi connectivity index (χ3n) is 4.54. The number of amides is 1. The Morgan fingerprint density at radius 3 is 2.65 bits per heavy atom. The monoisotopic (exact) mass is 367 g/mol. The molecule has 0 radical (unpaired) electrons. The Kier molecular flexibility index (Phi) is 4.86. The minimum Gasteiger partial charge on any atom is -0.399 e. The maximum atomic E-state index is 12.9. The van der Waals surface area contributed by atoms with Gasteiger partial charge in [0.15, 0.2) is 0 Å². The summed E-state index contributed by atoms with van der Waals surface area (Å²) in [5.74, 6) is 0.970. The molecular formula is C20H21N3O2S. The molecule has 4 rings (SSSR count). The first-order chi connectivity index (χ1) is 12.7. The lowest BCUT2D eigenvalue weighted by molar-refractivity contribution is -0.123. The quantitative estimate of drug-likeness (QED) is 0.661. The fourth-order valence-corrected chi connectivity index (χ4v) is 4.36. The second-order valence-electron chi connectivity index (χ2n) is 6.40. The van der Waals surface area contributed by atoms with Gasteiger partial charge in [-0.05, 0) is 47.9 Å². The zero-order valence-corrected chi connectivity index (χ0v) is 15.2. The van der Waals surface area contributed by atoms with Gasteiger partial charge in [0.1, 0.15) is 0 Å². The summed E-state index contributed by atoms with van der Waals surface area (Å²) in [7, 11) is 0. The molecule has 2 aliphatic heterocycles. The highest BCUT2D eigenvalue weighted by Gasteiger charge is 2.38. The predicted molar refractivity (Wildman–Crippen MR) is 105 cm³/mol. The molecule has 2 aromatic rings. The number of nitrogen functional groups attached to an aromatic ring is 1. The summed E-state index contributed by atoms with van der Waals surface area (Å²) in [5, 5.41) is 1.76. The average Bonchev–Trinajstić information content (AvgIpc) is 2.67. The van der Waals surface area contributed by atoms with Crippen molar-refractivity contribution in [3.8, 4) is 0 Å². The molecule has 1 unspecified atom stereocenters. The molecule has 2 aromatic carbocycles. The van der Waals surface area contributed by atoms with Gasteiger partial charge in [-0.3, -0.25) is 4.79 Å². The second kappa shape index (κ2) is 7.43. The van der Waals surface area contributed by atoms with Crippen molar-refractivity contribution < 1.29 is 9.53 Å². The van der Waals surface area contributed by atoms with Crippen LogP contribution in [0.4, 0.5) is 11.4 Å². The molecule has 134 valence electrons. The van der Waals surface area contributed by atoms with Crippen molar-refractivity contribution in [2.75, 3.05) is 24.0 Å². The van der Waals surface area contributed by atoms with E-state index in [1.807, 2.05) is 46.9 Å². The van der Waals surface area contributed by atoms with Gasteiger partial charge >= 0.3 is 0 Å². The third-order valence-corrected chi connectivity index (χ3v) is 5.62. The fraction of sp³-hybridized carbons (Fsp3) is 0.250. The Labute approximate surface area is 157 Å². The van der Waals surface area contributed by atoms with E-state index in [9.17, 15) is 4.79 Å². The van der Waals surface area contributed by atoms with Gasteiger partial charge in [0.05, 0.1) is 24.6 Å². The van der Waals surface area contributed by atoms with Crippen LogP contribution in [-0.2, 0) is 15.3 Å². The predicted octanol–water partition coefficient (Wildman–Crippen LogP) is 3.60. The number of anilines is 2. The molecule has 0 saturated carbocycles. The molecule has 2 aliphatic rings. The Hall–Kier alpha value is -2.44. The summed E-state index contributed by atoms with van der Waals surface area (Å²) in [6, 6.07) is 17.7. The zero-order chi connectivity index (χ0) is 17.9. The van der Waals surface area contributed by atoms with Gasteiger partial charge in [-0.1, -0.05) is 30.3 Å². The number of hydrogen-bond acceptors (Lipinski definition) is 5. The fourth-order valence-electron chi connectivity index (χ4n) is 3.23. The number of fused-ring (bicyclic) bond motifs is 1. The number of ether oxygens (including phenoxy) is 1. The summed E-state index contributed by atoms with van der Waals surface area (Å²) in [6.45, 7) is 1.17. The van der Waals surface area contributed by atoms with Crippen LogP contribution in [0, 0.1) is 5.92 Å². The molecule has 0 aliphatic carbocycles. The van der Waals surface area contributed by atoms with E-state index >= 15 is 0 Å². The molecule has 2 heterocycles.